The van der Waals surface area contributed by atoms with Gasteiger partial charge < -0.3 is 19.5 Å². The largest absolute Gasteiger partial charge is 0.497 e. The molecule has 5 nitrogen and oxygen atoms in total. The Kier molecular flexibility index (Phi) is 5.64. The zero-order chi connectivity index (χ0) is 14.4. The Morgan fingerprint density at radius 2 is 2.00 bits per heavy atom. The summed E-state index contributed by atoms with van der Waals surface area (Å²) in [5, 5.41) is 3.27. The first-order chi connectivity index (χ1) is 9.80. The fraction of sp³-hybridized carbons (Fsp3) is 0.600. The molecule has 1 aromatic carbocycles. The molecular formula is C15H24N2O3. The first-order valence-electron chi connectivity index (χ1n) is 6.98. The van der Waals surface area contributed by atoms with Crippen LogP contribution in [0.2, 0.25) is 0 Å². The number of likely N-dealkylation sites (N-methyl/N-ethyl adjacent to an activating group) is 1. The fourth-order valence-corrected chi connectivity index (χ4v) is 2.61. The van der Waals surface area contributed by atoms with Crippen molar-refractivity contribution in [3.63, 3.8) is 0 Å². The van der Waals surface area contributed by atoms with Crippen LogP contribution in [0.1, 0.15) is 11.6 Å². The van der Waals surface area contributed by atoms with Crippen molar-refractivity contribution in [1.29, 1.82) is 0 Å². The summed E-state index contributed by atoms with van der Waals surface area (Å²) in [7, 11) is 5.35. The molecule has 112 valence electrons. The number of morpholine rings is 1. The van der Waals surface area contributed by atoms with E-state index in [1.807, 2.05) is 19.2 Å². The highest BCUT2D eigenvalue weighted by Crippen LogP contribution is 2.32. The van der Waals surface area contributed by atoms with E-state index in [4.69, 9.17) is 14.2 Å². The lowest BCUT2D eigenvalue weighted by atomic mass is 10.0. The first kappa shape index (κ1) is 15.1. The zero-order valence-electron chi connectivity index (χ0n) is 12.5. The van der Waals surface area contributed by atoms with Crippen LogP contribution in [-0.2, 0) is 4.74 Å². The minimum atomic E-state index is 0.282. The van der Waals surface area contributed by atoms with Crippen LogP contribution < -0.4 is 14.8 Å². The predicted octanol–water partition coefficient (Wildman–Crippen LogP) is 1.30. The van der Waals surface area contributed by atoms with E-state index in [-0.39, 0.29) is 6.04 Å². The predicted molar refractivity (Wildman–Crippen MR) is 78.6 cm³/mol. The molecule has 0 aliphatic carbocycles. The third-order valence-electron chi connectivity index (χ3n) is 3.68. The molecule has 0 saturated carbocycles. The Labute approximate surface area is 120 Å². The molecule has 1 heterocycles. The Hall–Kier alpha value is -1.30. The van der Waals surface area contributed by atoms with Crippen LogP contribution >= 0.6 is 0 Å². The van der Waals surface area contributed by atoms with Crippen LogP contribution in [-0.4, -0.2) is 59.0 Å². The number of nitrogens with one attached hydrogen (secondary N) is 1. The van der Waals surface area contributed by atoms with Crippen LogP contribution in [0.4, 0.5) is 0 Å². The third kappa shape index (κ3) is 3.42. The molecule has 1 aromatic rings. The number of rotatable bonds is 6. The van der Waals surface area contributed by atoms with Crippen molar-refractivity contribution in [3.8, 4) is 11.5 Å². The van der Waals surface area contributed by atoms with Crippen molar-refractivity contribution in [1.82, 2.24) is 10.2 Å². The van der Waals surface area contributed by atoms with Gasteiger partial charge in [0.05, 0.1) is 33.5 Å². The summed E-state index contributed by atoms with van der Waals surface area (Å²) in [4.78, 5) is 2.43. The summed E-state index contributed by atoms with van der Waals surface area (Å²) in [5.41, 5.74) is 1.18. The molecule has 2 rings (SSSR count). The van der Waals surface area contributed by atoms with Crippen LogP contribution in [0, 0.1) is 0 Å². The second kappa shape index (κ2) is 7.47. The number of hydrogen-bond donors (Lipinski definition) is 1. The van der Waals surface area contributed by atoms with Crippen molar-refractivity contribution in [2.24, 2.45) is 0 Å². The Balaban J connectivity index is 2.27. The normalized spacial score (nSPS) is 17.8. The maximum absolute atomic E-state index is 5.54. The molecule has 20 heavy (non-hydrogen) atoms. The van der Waals surface area contributed by atoms with Gasteiger partial charge in [-0.1, -0.05) is 6.07 Å². The standard InChI is InChI=1S/C15H24N2O3/c1-16-11-14(17-6-8-20-9-7-17)13-5-4-12(18-2)10-15(13)19-3/h4-5,10,14,16H,6-9,11H2,1-3H3. The summed E-state index contributed by atoms with van der Waals surface area (Å²) in [6, 6.07) is 6.30. The van der Waals surface area contributed by atoms with Crippen molar-refractivity contribution >= 4 is 0 Å². The number of ether oxygens (including phenoxy) is 3. The molecule has 1 saturated heterocycles. The van der Waals surface area contributed by atoms with Gasteiger partial charge in [-0.15, -0.1) is 0 Å². The van der Waals surface area contributed by atoms with Gasteiger partial charge in [0.1, 0.15) is 11.5 Å². The SMILES string of the molecule is CNCC(c1ccc(OC)cc1OC)N1CCOCC1. The Morgan fingerprint density at radius 1 is 1.25 bits per heavy atom. The molecule has 1 aliphatic rings. The maximum atomic E-state index is 5.54. The van der Waals surface area contributed by atoms with E-state index in [1.54, 1.807) is 14.2 Å². The van der Waals surface area contributed by atoms with Gasteiger partial charge in [-0.2, -0.15) is 0 Å². The lowest BCUT2D eigenvalue weighted by molar-refractivity contribution is 0.0160. The van der Waals surface area contributed by atoms with Crippen molar-refractivity contribution in [2.45, 2.75) is 6.04 Å². The Bertz CT molecular complexity index is 420. The highest BCUT2D eigenvalue weighted by atomic mass is 16.5. The molecule has 1 N–H and O–H groups in total. The molecule has 1 fully saturated rings. The van der Waals surface area contributed by atoms with Gasteiger partial charge in [0, 0.05) is 31.3 Å². The van der Waals surface area contributed by atoms with Crippen molar-refractivity contribution in [3.05, 3.63) is 23.8 Å². The van der Waals surface area contributed by atoms with E-state index in [0.29, 0.717) is 0 Å². The maximum Gasteiger partial charge on any atom is 0.127 e. The quantitative estimate of drug-likeness (QED) is 0.851. The minimum Gasteiger partial charge on any atom is -0.497 e. The molecule has 1 atom stereocenters. The van der Waals surface area contributed by atoms with Crippen molar-refractivity contribution in [2.75, 3.05) is 54.1 Å². The average Bonchev–Trinajstić information content (AvgIpc) is 2.53. The zero-order valence-corrected chi connectivity index (χ0v) is 12.5. The highest BCUT2D eigenvalue weighted by molar-refractivity contribution is 5.42. The number of methoxy groups -OCH3 is 2. The van der Waals surface area contributed by atoms with Gasteiger partial charge in [-0.3, -0.25) is 4.90 Å². The lowest BCUT2D eigenvalue weighted by Crippen LogP contribution is -2.42. The van der Waals surface area contributed by atoms with Crippen LogP contribution in [0.15, 0.2) is 18.2 Å². The summed E-state index contributed by atoms with van der Waals surface area (Å²) in [5.74, 6) is 1.69. The molecule has 0 radical (unpaired) electrons. The summed E-state index contributed by atoms with van der Waals surface area (Å²) < 4.78 is 16.3. The van der Waals surface area contributed by atoms with E-state index in [1.165, 1.54) is 5.56 Å². The second-order valence-electron chi connectivity index (χ2n) is 4.83. The fourth-order valence-electron chi connectivity index (χ4n) is 2.61. The monoisotopic (exact) mass is 280 g/mol. The molecule has 1 aliphatic heterocycles. The van der Waals surface area contributed by atoms with Crippen LogP contribution in [0.25, 0.3) is 0 Å². The van der Waals surface area contributed by atoms with Gasteiger partial charge in [0.25, 0.3) is 0 Å². The molecular weight excluding hydrogens is 256 g/mol. The second-order valence-corrected chi connectivity index (χ2v) is 4.83. The summed E-state index contributed by atoms with van der Waals surface area (Å²) in [6.07, 6.45) is 0. The molecule has 0 amide bonds. The van der Waals surface area contributed by atoms with Crippen LogP contribution in [0.5, 0.6) is 11.5 Å². The van der Waals surface area contributed by atoms with Gasteiger partial charge in [-0.05, 0) is 13.1 Å². The molecule has 0 spiro atoms. The molecule has 0 aromatic heterocycles. The highest BCUT2D eigenvalue weighted by Gasteiger charge is 2.24. The van der Waals surface area contributed by atoms with E-state index >= 15 is 0 Å². The van der Waals surface area contributed by atoms with E-state index < -0.39 is 0 Å². The molecule has 1 unspecified atom stereocenters. The van der Waals surface area contributed by atoms with Gasteiger partial charge in [0.15, 0.2) is 0 Å². The lowest BCUT2D eigenvalue weighted by Gasteiger charge is -2.35. The number of benzene rings is 1. The van der Waals surface area contributed by atoms with Gasteiger partial charge in [0.2, 0.25) is 0 Å². The smallest absolute Gasteiger partial charge is 0.127 e. The van der Waals surface area contributed by atoms with Gasteiger partial charge in [-0.25, -0.2) is 0 Å². The molecule has 5 heteroatoms. The molecule has 0 bridgehead atoms. The van der Waals surface area contributed by atoms with E-state index in [2.05, 4.69) is 16.3 Å². The summed E-state index contributed by atoms with van der Waals surface area (Å²) in [6.45, 7) is 4.35. The average molecular weight is 280 g/mol. The minimum absolute atomic E-state index is 0.282. The Morgan fingerprint density at radius 3 is 2.60 bits per heavy atom. The van der Waals surface area contributed by atoms with Gasteiger partial charge >= 0.3 is 0 Å². The topological polar surface area (TPSA) is 43.0 Å². The van der Waals surface area contributed by atoms with E-state index in [9.17, 15) is 0 Å². The van der Waals surface area contributed by atoms with E-state index in [0.717, 1.165) is 44.3 Å². The number of hydrogen-bond acceptors (Lipinski definition) is 5. The number of nitrogens with zero attached hydrogens (tertiary/aromatic N) is 1. The van der Waals surface area contributed by atoms with Crippen LogP contribution in [0.3, 0.4) is 0 Å². The first-order valence-corrected chi connectivity index (χ1v) is 6.98. The third-order valence-corrected chi connectivity index (χ3v) is 3.68. The van der Waals surface area contributed by atoms with Crippen molar-refractivity contribution < 1.29 is 14.2 Å². The summed E-state index contributed by atoms with van der Waals surface area (Å²) >= 11 is 0.